The normalized spacial score (nSPS) is 17.9. The molecule has 1 saturated heterocycles. The Balaban J connectivity index is 1.72. The molecule has 0 radical (unpaired) electrons. The van der Waals surface area contributed by atoms with Crippen LogP contribution in [-0.2, 0) is 10.2 Å². The molecule has 3 rings (SSSR count). The lowest BCUT2D eigenvalue weighted by atomic mass is 9.92. The van der Waals surface area contributed by atoms with Crippen LogP contribution >= 0.6 is 0 Å². The highest BCUT2D eigenvalue weighted by atomic mass is 16.6. The van der Waals surface area contributed by atoms with Crippen LogP contribution in [0.5, 0.6) is 5.75 Å². The van der Waals surface area contributed by atoms with Crippen molar-refractivity contribution >= 4 is 12.2 Å². The fraction of sp³-hybridized carbons (Fsp3) is 0.389. The van der Waals surface area contributed by atoms with Gasteiger partial charge in [0.1, 0.15) is 18.5 Å². The smallest absolute Gasteiger partial charge is 0.159 e. The van der Waals surface area contributed by atoms with Gasteiger partial charge in [-0.15, -0.1) is 0 Å². The molecular weight excluding hydrogens is 278 g/mol. The fourth-order valence-electron chi connectivity index (χ4n) is 1.99. The first-order valence-corrected chi connectivity index (χ1v) is 7.51. The van der Waals surface area contributed by atoms with Gasteiger partial charge in [-0.05, 0) is 18.2 Å². The monoisotopic (exact) mass is 299 g/mol. The van der Waals surface area contributed by atoms with Crippen molar-refractivity contribution in [3.8, 4) is 5.75 Å². The van der Waals surface area contributed by atoms with Crippen LogP contribution in [0.1, 0.15) is 37.8 Å². The number of epoxide rings is 1. The Morgan fingerprint density at radius 2 is 2.05 bits per heavy atom. The summed E-state index contributed by atoms with van der Waals surface area (Å²) in [6.45, 7) is 7.73. The Bertz CT molecular complexity index is 663. The molecule has 1 fully saturated rings. The molecule has 2 aromatic rings. The standard InChI is InChI=1S/C18H21NO3/c1-18(2,3)17-10-14(22-19-17)9-8-13-6-4-5-7-16(13)21-12-15-11-20-15/h4-10,15H,11-12H2,1-3H3. The number of aromatic nitrogens is 1. The quantitative estimate of drug-likeness (QED) is 0.785. The van der Waals surface area contributed by atoms with Crippen LogP contribution in [0, 0.1) is 0 Å². The van der Waals surface area contributed by atoms with Gasteiger partial charge in [-0.1, -0.05) is 44.1 Å². The van der Waals surface area contributed by atoms with Gasteiger partial charge in [-0.2, -0.15) is 0 Å². The first kappa shape index (κ1) is 14.9. The summed E-state index contributed by atoms with van der Waals surface area (Å²) in [6.07, 6.45) is 4.15. The average molecular weight is 299 g/mol. The molecule has 0 bridgehead atoms. The Morgan fingerprint density at radius 1 is 1.27 bits per heavy atom. The zero-order chi connectivity index (χ0) is 15.6. The van der Waals surface area contributed by atoms with Crippen molar-refractivity contribution in [2.75, 3.05) is 13.2 Å². The minimum absolute atomic E-state index is 0.0130. The molecule has 1 unspecified atom stereocenters. The molecule has 1 aromatic heterocycles. The molecule has 116 valence electrons. The van der Waals surface area contributed by atoms with Crippen LogP contribution in [-0.4, -0.2) is 24.5 Å². The molecule has 0 saturated carbocycles. The number of ether oxygens (including phenoxy) is 2. The van der Waals surface area contributed by atoms with Gasteiger partial charge in [0.05, 0.1) is 12.3 Å². The van der Waals surface area contributed by atoms with E-state index >= 15 is 0 Å². The molecule has 4 nitrogen and oxygen atoms in total. The van der Waals surface area contributed by atoms with E-state index in [9.17, 15) is 0 Å². The van der Waals surface area contributed by atoms with Gasteiger partial charge in [0.25, 0.3) is 0 Å². The van der Waals surface area contributed by atoms with Crippen molar-refractivity contribution in [3.63, 3.8) is 0 Å². The lowest BCUT2D eigenvalue weighted by molar-refractivity contribution is 0.262. The maximum atomic E-state index is 5.79. The molecule has 1 aliphatic heterocycles. The SMILES string of the molecule is CC(C)(C)c1cc(C=Cc2ccccc2OCC2CO2)on1. The predicted octanol–water partition coefficient (Wildman–Crippen LogP) is 3.92. The number of para-hydroxylation sites is 1. The first-order chi connectivity index (χ1) is 10.5. The molecule has 0 spiro atoms. The minimum atomic E-state index is -0.0130. The molecule has 1 atom stereocenters. The summed E-state index contributed by atoms with van der Waals surface area (Å²) < 4.78 is 16.3. The lowest BCUT2D eigenvalue weighted by Gasteiger charge is -2.12. The molecular formula is C18H21NO3. The van der Waals surface area contributed by atoms with Gasteiger partial charge in [-0.3, -0.25) is 0 Å². The topological polar surface area (TPSA) is 47.8 Å². The Kier molecular flexibility index (Phi) is 4.03. The third-order valence-electron chi connectivity index (χ3n) is 3.47. The molecule has 1 aromatic carbocycles. The summed E-state index contributed by atoms with van der Waals surface area (Å²) in [6, 6.07) is 9.90. The summed E-state index contributed by atoms with van der Waals surface area (Å²) in [4.78, 5) is 0. The van der Waals surface area contributed by atoms with Crippen molar-refractivity contribution < 1.29 is 14.0 Å². The van der Waals surface area contributed by atoms with Gasteiger partial charge in [0.2, 0.25) is 0 Å². The number of rotatable bonds is 5. The Labute approximate surface area is 130 Å². The fourth-order valence-corrected chi connectivity index (χ4v) is 1.99. The zero-order valence-corrected chi connectivity index (χ0v) is 13.2. The van der Waals surface area contributed by atoms with E-state index in [1.54, 1.807) is 0 Å². The van der Waals surface area contributed by atoms with E-state index in [4.69, 9.17) is 14.0 Å². The summed E-state index contributed by atoms with van der Waals surface area (Å²) >= 11 is 0. The van der Waals surface area contributed by atoms with Crippen LogP contribution in [0.2, 0.25) is 0 Å². The van der Waals surface area contributed by atoms with E-state index in [0.29, 0.717) is 6.61 Å². The van der Waals surface area contributed by atoms with Crippen molar-refractivity contribution in [2.45, 2.75) is 32.3 Å². The molecule has 0 N–H and O–H groups in total. The van der Waals surface area contributed by atoms with Gasteiger partial charge in [-0.25, -0.2) is 0 Å². The second-order valence-electron chi connectivity index (χ2n) is 6.50. The van der Waals surface area contributed by atoms with E-state index in [1.807, 2.05) is 42.5 Å². The number of hydrogen-bond acceptors (Lipinski definition) is 4. The minimum Gasteiger partial charge on any atom is -0.490 e. The van der Waals surface area contributed by atoms with Crippen LogP contribution in [0.3, 0.4) is 0 Å². The largest absolute Gasteiger partial charge is 0.490 e. The predicted molar refractivity (Wildman–Crippen MR) is 85.8 cm³/mol. The summed E-state index contributed by atoms with van der Waals surface area (Å²) in [7, 11) is 0. The number of nitrogens with zero attached hydrogens (tertiary/aromatic N) is 1. The van der Waals surface area contributed by atoms with E-state index in [1.165, 1.54) is 0 Å². The Hall–Kier alpha value is -2.07. The maximum absolute atomic E-state index is 5.79. The molecule has 4 heteroatoms. The third-order valence-corrected chi connectivity index (χ3v) is 3.47. The second kappa shape index (κ2) is 5.97. The van der Waals surface area contributed by atoms with Crippen LogP contribution < -0.4 is 4.74 Å². The summed E-state index contributed by atoms with van der Waals surface area (Å²) in [5, 5.41) is 4.12. The molecule has 0 aliphatic carbocycles. The third kappa shape index (κ3) is 3.77. The van der Waals surface area contributed by atoms with Crippen molar-refractivity contribution in [1.29, 1.82) is 0 Å². The van der Waals surface area contributed by atoms with E-state index in [0.717, 1.165) is 29.4 Å². The van der Waals surface area contributed by atoms with Crippen molar-refractivity contribution in [3.05, 3.63) is 47.3 Å². The van der Waals surface area contributed by atoms with Crippen LogP contribution in [0.15, 0.2) is 34.9 Å². The first-order valence-electron chi connectivity index (χ1n) is 7.51. The van der Waals surface area contributed by atoms with Gasteiger partial charge < -0.3 is 14.0 Å². The van der Waals surface area contributed by atoms with Crippen LogP contribution in [0.25, 0.3) is 12.2 Å². The van der Waals surface area contributed by atoms with Crippen molar-refractivity contribution in [1.82, 2.24) is 5.16 Å². The molecule has 1 aliphatic rings. The molecule has 22 heavy (non-hydrogen) atoms. The molecule has 0 amide bonds. The van der Waals surface area contributed by atoms with Gasteiger partial charge in [0.15, 0.2) is 5.76 Å². The van der Waals surface area contributed by atoms with Gasteiger partial charge in [0, 0.05) is 17.0 Å². The molecule has 2 heterocycles. The Morgan fingerprint density at radius 3 is 2.73 bits per heavy atom. The summed E-state index contributed by atoms with van der Waals surface area (Å²) in [5.74, 6) is 1.59. The maximum Gasteiger partial charge on any atom is 0.159 e. The average Bonchev–Trinajstić information content (AvgIpc) is 3.18. The van der Waals surface area contributed by atoms with E-state index in [2.05, 4.69) is 25.9 Å². The summed E-state index contributed by atoms with van der Waals surface area (Å²) in [5.41, 5.74) is 1.94. The van der Waals surface area contributed by atoms with Crippen LogP contribution in [0.4, 0.5) is 0 Å². The number of benzene rings is 1. The van der Waals surface area contributed by atoms with E-state index < -0.39 is 0 Å². The zero-order valence-electron chi connectivity index (χ0n) is 13.2. The number of hydrogen-bond donors (Lipinski definition) is 0. The second-order valence-corrected chi connectivity index (χ2v) is 6.50. The van der Waals surface area contributed by atoms with E-state index in [-0.39, 0.29) is 11.5 Å². The lowest BCUT2D eigenvalue weighted by Crippen LogP contribution is -2.10. The highest BCUT2D eigenvalue weighted by molar-refractivity contribution is 5.70. The van der Waals surface area contributed by atoms with Gasteiger partial charge >= 0.3 is 0 Å². The van der Waals surface area contributed by atoms with Crippen molar-refractivity contribution in [2.24, 2.45) is 0 Å². The highest BCUT2D eigenvalue weighted by Crippen LogP contribution is 2.25. The highest BCUT2D eigenvalue weighted by Gasteiger charge is 2.23.